The maximum Gasteiger partial charge on any atom is 0.220 e. The van der Waals surface area contributed by atoms with E-state index in [1.165, 1.54) is 12.1 Å². The molecule has 2 aromatic rings. The van der Waals surface area contributed by atoms with Gasteiger partial charge in [-0.2, -0.15) is 0 Å². The molecule has 0 aliphatic carbocycles. The zero-order valence-corrected chi connectivity index (χ0v) is 14.8. The number of aliphatic hydroxyl groups is 1. The molecule has 0 radical (unpaired) electrons. The van der Waals surface area contributed by atoms with Gasteiger partial charge < -0.3 is 10.4 Å². The molecule has 2 aromatic carbocycles. The molecule has 2 N–H and O–H groups in total. The van der Waals surface area contributed by atoms with Crippen molar-refractivity contribution in [2.75, 3.05) is 6.54 Å². The number of hydrogen-bond donors (Lipinski definition) is 2. The van der Waals surface area contributed by atoms with Gasteiger partial charge in [-0.1, -0.05) is 53.0 Å². The topological polar surface area (TPSA) is 49.3 Å². The monoisotopic (exact) mass is 389 g/mol. The van der Waals surface area contributed by atoms with Crippen LogP contribution in [0, 0.1) is 5.82 Å². The van der Waals surface area contributed by atoms with Crippen LogP contribution in [0.15, 0.2) is 36.4 Å². The van der Waals surface area contributed by atoms with Crippen LogP contribution in [0.1, 0.15) is 23.7 Å². The maximum absolute atomic E-state index is 13.4. The average molecular weight is 391 g/mol. The molecule has 0 aliphatic rings. The van der Waals surface area contributed by atoms with Gasteiger partial charge in [0.1, 0.15) is 5.82 Å². The average Bonchev–Trinajstić information content (AvgIpc) is 2.56. The molecule has 7 heteroatoms. The van der Waals surface area contributed by atoms with Crippen molar-refractivity contribution in [3.63, 3.8) is 0 Å². The Balaban J connectivity index is 1.84. The van der Waals surface area contributed by atoms with Crippen molar-refractivity contribution in [1.29, 1.82) is 0 Å². The fraction of sp³-hybridized carbons (Fsp3) is 0.235. The lowest BCUT2D eigenvalue weighted by atomic mass is 10.1. The number of rotatable bonds is 6. The Morgan fingerprint density at radius 3 is 2.62 bits per heavy atom. The molecule has 0 aliphatic heterocycles. The number of benzene rings is 2. The van der Waals surface area contributed by atoms with Crippen LogP contribution in [0.25, 0.3) is 0 Å². The van der Waals surface area contributed by atoms with Gasteiger partial charge in [-0.05, 0) is 35.7 Å². The van der Waals surface area contributed by atoms with E-state index in [1.54, 1.807) is 18.2 Å². The summed E-state index contributed by atoms with van der Waals surface area (Å²) in [6, 6.07) is 9.25. The molecule has 0 spiro atoms. The summed E-state index contributed by atoms with van der Waals surface area (Å²) in [5, 5.41) is 13.4. The molecule has 3 nitrogen and oxygen atoms in total. The summed E-state index contributed by atoms with van der Waals surface area (Å²) in [5.41, 5.74) is 1.12. The third-order valence-corrected chi connectivity index (χ3v) is 4.64. The summed E-state index contributed by atoms with van der Waals surface area (Å²) in [7, 11) is 0. The molecule has 0 unspecified atom stereocenters. The molecular weight excluding hydrogens is 376 g/mol. The Hall–Kier alpha value is -1.33. The van der Waals surface area contributed by atoms with Gasteiger partial charge >= 0.3 is 0 Å². The first-order valence-electron chi connectivity index (χ1n) is 7.21. The molecule has 1 amide bonds. The third kappa shape index (κ3) is 5.08. The zero-order chi connectivity index (χ0) is 17.7. The van der Waals surface area contributed by atoms with Crippen LogP contribution in [0.2, 0.25) is 15.1 Å². The molecule has 0 fully saturated rings. The van der Waals surface area contributed by atoms with E-state index in [1.807, 2.05) is 0 Å². The molecule has 0 saturated heterocycles. The summed E-state index contributed by atoms with van der Waals surface area (Å²) in [6.07, 6.45) is -0.394. The molecule has 24 heavy (non-hydrogen) atoms. The van der Waals surface area contributed by atoms with E-state index in [9.17, 15) is 14.3 Å². The van der Waals surface area contributed by atoms with E-state index in [4.69, 9.17) is 34.8 Å². The highest BCUT2D eigenvalue weighted by molar-refractivity contribution is 6.42. The SMILES string of the molecule is O=C(CCc1cccc(Cl)c1Cl)NC[C@@H](O)c1ccc(Cl)c(F)c1. The Labute approximate surface area is 154 Å². The second-order valence-electron chi connectivity index (χ2n) is 5.21. The van der Waals surface area contributed by atoms with Crippen molar-refractivity contribution in [2.45, 2.75) is 18.9 Å². The molecule has 0 aromatic heterocycles. The Morgan fingerprint density at radius 2 is 1.92 bits per heavy atom. The van der Waals surface area contributed by atoms with Gasteiger partial charge in [0.15, 0.2) is 0 Å². The first-order valence-corrected chi connectivity index (χ1v) is 8.34. The maximum atomic E-state index is 13.4. The van der Waals surface area contributed by atoms with Gasteiger partial charge in [-0.15, -0.1) is 0 Å². The summed E-state index contributed by atoms with van der Waals surface area (Å²) >= 11 is 17.6. The molecule has 2 rings (SSSR count). The largest absolute Gasteiger partial charge is 0.387 e. The smallest absolute Gasteiger partial charge is 0.220 e. The van der Waals surface area contributed by atoms with Crippen LogP contribution in [-0.2, 0) is 11.2 Å². The minimum atomic E-state index is -1.02. The first kappa shape index (κ1) is 19.0. The summed E-state index contributed by atoms with van der Waals surface area (Å²) in [6.45, 7) is -0.0246. The minimum absolute atomic E-state index is 0.0200. The number of aryl methyl sites for hydroxylation is 1. The number of carbonyl (C=O) groups is 1. The normalized spacial score (nSPS) is 12.0. The first-order chi connectivity index (χ1) is 11.4. The van der Waals surface area contributed by atoms with Gasteiger partial charge in [0.05, 0.1) is 21.2 Å². The predicted molar refractivity (Wildman–Crippen MR) is 94.2 cm³/mol. The molecule has 0 heterocycles. The predicted octanol–water partition coefficient (Wildman–Crippen LogP) is 4.57. The number of amides is 1. The van der Waals surface area contributed by atoms with E-state index in [0.29, 0.717) is 22.0 Å². The minimum Gasteiger partial charge on any atom is -0.387 e. The number of nitrogens with one attached hydrogen (secondary N) is 1. The van der Waals surface area contributed by atoms with Crippen LogP contribution in [0.3, 0.4) is 0 Å². The van der Waals surface area contributed by atoms with E-state index < -0.39 is 11.9 Å². The van der Waals surface area contributed by atoms with Crippen molar-refractivity contribution < 1.29 is 14.3 Å². The molecule has 0 saturated carbocycles. The lowest BCUT2D eigenvalue weighted by Gasteiger charge is -2.13. The van der Waals surface area contributed by atoms with Crippen LogP contribution in [-0.4, -0.2) is 17.6 Å². The number of carbonyl (C=O) groups excluding carboxylic acids is 1. The van der Waals surface area contributed by atoms with Crippen molar-refractivity contribution in [1.82, 2.24) is 5.32 Å². The third-order valence-electron chi connectivity index (χ3n) is 3.47. The Morgan fingerprint density at radius 1 is 1.17 bits per heavy atom. The fourth-order valence-electron chi connectivity index (χ4n) is 2.13. The second-order valence-corrected chi connectivity index (χ2v) is 6.40. The quantitative estimate of drug-likeness (QED) is 0.759. The standard InChI is InChI=1S/C17H15Cl3FNO2/c18-12-6-4-11(8-14(12)21)15(23)9-22-16(24)7-5-10-2-1-3-13(19)17(10)20/h1-4,6,8,15,23H,5,7,9H2,(H,22,24)/t15-/m1/s1. The van der Waals surface area contributed by atoms with Crippen molar-refractivity contribution in [2.24, 2.45) is 0 Å². The summed E-state index contributed by atoms with van der Waals surface area (Å²) in [4.78, 5) is 11.9. The number of aliphatic hydroxyl groups excluding tert-OH is 1. The van der Waals surface area contributed by atoms with Crippen LogP contribution in [0.5, 0.6) is 0 Å². The van der Waals surface area contributed by atoms with E-state index >= 15 is 0 Å². The van der Waals surface area contributed by atoms with E-state index in [-0.39, 0.29) is 23.9 Å². The van der Waals surface area contributed by atoms with Gasteiger partial charge in [-0.3, -0.25) is 4.79 Å². The molecule has 128 valence electrons. The van der Waals surface area contributed by atoms with Crippen LogP contribution in [0.4, 0.5) is 4.39 Å². The molecule has 1 atom stereocenters. The van der Waals surface area contributed by atoms with Gasteiger partial charge in [-0.25, -0.2) is 4.39 Å². The van der Waals surface area contributed by atoms with Gasteiger partial charge in [0.25, 0.3) is 0 Å². The number of hydrogen-bond acceptors (Lipinski definition) is 2. The zero-order valence-electron chi connectivity index (χ0n) is 12.5. The number of halogens is 4. The highest BCUT2D eigenvalue weighted by Gasteiger charge is 2.12. The summed E-state index contributed by atoms with van der Waals surface area (Å²) in [5.74, 6) is -0.866. The van der Waals surface area contributed by atoms with Gasteiger partial charge in [0.2, 0.25) is 5.91 Å². The molecule has 0 bridgehead atoms. The lowest BCUT2D eigenvalue weighted by molar-refractivity contribution is -0.121. The fourth-order valence-corrected chi connectivity index (χ4v) is 2.66. The van der Waals surface area contributed by atoms with E-state index in [2.05, 4.69) is 5.32 Å². The summed E-state index contributed by atoms with van der Waals surface area (Å²) < 4.78 is 13.4. The van der Waals surface area contributed by atoms with E-state index in [0.717, 1.165) is 11.6 Å². The Bertz CT molecular complexity index is 740. The van der Waals surface area contributed by atoms with Crippen LogP contribution >= 0.6 is 34.8 Å². The van der Waals surface area contributed by atoms with Crippen LogP contribution < -0.4 is 5.32 Å². The highest BCUT2D eigenvalue weighted by atomic mass is 35.5. The van der Waals surface area contributed by atoms with Crippen molar-refractivity contribution in [3.8, 4) is 0 Å². The highest BCUT2D eigenvalue weighted by Crippen LogP contribution is 2.26. The van der Waals surface area contributed by atoms with Crippen molar-refractivity contribution >= 4 is 40.7 Å². The van der Waals surface area contributed by atoms with Gasteiger partial charge in [0, 0.05) is 13.0 Å². The lowest BCUT2D eigenvalue weighted by Crippen LogP contribution is -2.28. The van der Waals surface area contributed by atoms with Crippen molar-refractivity contribution in [3.05, 3.63) is 68.4 Å². The second kappa shape index (κ2) is 8.67. The molecular formula is C17H15Cl3FNO2. The Kier molecular flexibility index (Phi) is 6.87.